The van der Waals surface area contributed by atoms with Crippen molar-refractivity contribution < 1.29 is 14.6 Å². The molecule has 1 heterocycles. The number of carbonyl (C=O) groups is 1. The minimum atomic E-state index is -0.490. The lowest BCUT2D eigenvalue weighted by Gasteiger charge is -2.42. The highest BCUT2D eigenvalue weighted by molar-refractivity contribution is 6.01. The molecule has 180 valence electrons. The maximum Gasteiger partial charge on any atom is 0.256 e. The van der Waals surface area contributed by atoms with Crippen molar-refractivity contribution in [1.29, 1.82) is 0 Å². The van der Waals surface area contributed by atoms with Gasteiger partial charge in [0.15, 0.2) is 0 Å². The third-order valence-corrected chi connectivity index (χ3v) is 7.08. The van der Waals surface area contributed by atoms with Crippen LogP contribution in [0.15, 0.2) is 60.1 Å². The van der Waals surface area contributed by atoms with E-state index in [0.29, 0.717) is 18.1 Å². The first-order valence-corrected chi connectivity index (χ1v) is 12.2. The van der Waals surface area contributed by atoms with Gasteiger partial charge in [0, 0.05) is 25.7 Å². The van der Waals surface area contributed by atoms with Crippen molar-refractivity contribution >= 4 is 17.9 Å². The summed E-state index contributed by atoms with van der Waals surface area (Å²) in [6.07, 6.45) is 7.69. The SMILES string of the molecule is C=C[C@H](O)[C@@H]1CC[C@H]1CN1Cc2ccccc2CCCCOc2ccc(C(=O)NC=NC)cc21. The summed E-state index contributed by atoms with van der Waals surface area (Å²) in [7, 11) is 1.62. The molecule has 2 N–H and O–H groups in total. The maximum atomic E-state index is 12.7. The van der Waals surface area contributed by atoms with Crippen molar-refractivity contribution in [3.63, 3.8) is 0 Å². The number of aryl methyl sites for hydroxylation is 1. The quantitative estimate of drug-likeness (QED) is 0.381. The fourth-order valence-electron chi connectivity index (χ4n) is 4.97. The van der Waals surface area contributed by atoms with E-state index in [1.54, 1.807) is 19.2 Å². The number of rotatable bonds is 6. The van der Waals surface area contributed by atoms with Crippen LogP contribution in [-0.4, -0.2) is 43.7 Å². The Labute approximate surface area is 202 Å². The van der Waals surface area contributed by atoms with E-state index in [-0.39, 0.29) is 11.8 Å². The molecular weight excluding hydrogens is 426 g/mol. The molecule has 2 aromatic rings. The molecule has 1 aliphatic carbocycles. The van der Waals surface area contributed by atoms with Crippen LogP contribution in [-0.2, 0) is 13.0 Å². The van der Waals surface area contributed by atoms with E-state index < -0.39 is 6.10 Å². The highest BCUT2D eigenvalue weighted by atomic mass is 16.5. The van der Waals surface area contributed by atoms with Gasteiger partial charge in [-0.1, -0.05) is 30.3 Å². The van der Waals surface area contributed by atoms with Crippen LogP contribution in [0, 0.1) is 11.8 Å². The number of benzene rings is 2. The molecule has 0 unspecified atom stereocenters. The molecule has 4 rings (SSSR count). The number of hydrogen-bond donors (Lipinski definition) is 2. The molecule has 1 fully saturated rings. The molecule has 1 aliphatic heterocycles. The second kappa shape index (κ2) is 11.3. The topological polar surface area (TPSA) is 74.2 Å². The van der Waals surface area contributed by atoms with E-state index >= 15 is 0 Å². The number of ether oxygens (including phenoxy) is 1. The number of nitrogens with one attached hydrogen (secondary N) is 1. The van der Waals surface area contributed by atoms with Crippen molar-refractivity contribution in [2.24, 2.45) is 16.8 Å². The summed E-state index contributed by atoms with van der Waals surface area (Å²) in [5, 5.41) is 13.1. The van der Waals surface area contributed by atoms with Crippen LogP contribution >= 0.6 is 0 Å². The first-order valence-electron chi connectivity index (χ1n) is 12.2. The number of nitrogens with zero attached hydrogens (tertiary/aromatic N) is 2. The van der Waals surface area contributed by atoms with Crippen LogP contribution in [0.2, 0.25) is 0 Å². The van der Waals surface area contributed by atoms with Crippen LogP contribution in [0.25, 0.3) is 0 Å². The van der Waals surface area contributed by atoms with Crippen molar-refractivity contribution in [3.05, 3.63) is 71.8 Å². The zero-order valence-electron chi connectivity index (χ0n) is 20.0. The normalized spacial score (nSPS) is 21.3. The van der Waals surface area contributed by atoms with Gasteiger partial charge in [-0.2, -0.15) is 0 Å². The minimum absolute atomic E-state index is 0.202. The molecule has 0 bridgehead atoms. The van der Waals surface area contributed by atoms with Gasteiger partial charge in [0.05, 0.1) is 24.7 Å². The summed E-state index contributed by atoms with van der Waals surface area (Å²) in [6, 6.07) is 14.2. The van der Waals surface area contributed by atoms with Crippen molar-refractivity contribution in [1.82, 2.24) is 5.32 Å². The highest BCUT2D eigenvalue weighted by Gasteiger charge is 2.36. The Hall–Kier alpha value is -3.12. The number of hydrogen-bond acceptors (Lipinski definition) is 5. The number of aliphatic imine (C=N–C) groups is 1. The Balaban J connectivity index is 1.72. The van der Waals surface area contributed by atoms with Crippen molar-refractivity contribution in [2.45, 2.75) is 44.8 Å². The predicted octanol–water partition coefficient (Wildman–Crippen LogP) is 4.37. The third-order valence-electron chi connectivity index (χ3n) is 7.08. The lowest BCUT2D eigenvalue weighted by Crippen LogP contribution is -2.42. The number of carbonyl (C=O) groups excluding carboxylic acids is 1. The zero-order valence-corrected chi connectivity index (χ0v) is 20.0. The fourth-order valence-corrected chi connectivity index (χ4v) is 4.97. The summed E-state index contributed by atoms with van der Waals surface area (Å²) >= 11 is 0. The molecular formula is C28H35N3O3. The molecule has 0 radical (unpaired) electrons. The van der Waals surface area contributed by atoms with Gasteiger partial charge in [0.2, 0.25) is 0 Å². The van der Waals surface area contributed by atoms with Crippen LogP contribution in [0.5, 0.6) is 5.75 Å². The molecule has 0 saturated heterocycles. The first kappa shape index (κ1) is 24.0. The van der Waals surface area contributed by atoms with Crippen LogP contribution in [0.1, 0.15) is 47.2 Å². The molecule has 6 heteroatoms. The van der Waals surface area contributed by atoms with E-state index in [9.17, 15) is 9.90 Å². The summed E-state index contributed by atoms with van der Waals surface area (Å²) in [5.74, 6) is 1.15. The highest BCUT2D eigenvalue weighted by Crippen LogP contribution is 2.41. The average molecular weight is 462 g/mol. The van der Waals surface area contributed by atoms with E-state index in [2.05, 4.69) is 46.1 Å². The maximum absolute atomic E-state index is 12.7. The Morgan fingerprint density at radius 2 is 2.09 bits per heavy atom. The number of aliphatic hydroxyl groups is 1. The summed E-state index contributed by atoms with van der Waals surface area (Å²) in [6.45, 7) is 5.93. The van der Waals surface area contributed by atoms with E-state index in [0.717, 1.165) is 56.6 Å². The molecule has 2 aliphatic rings. The number of aliphatic hydroxyl groups excluding tert-OH is 1. The van der Waals surface area contributed by atoms with Crippen molar-refractivity contribution in [3.8, 4) is 5.75 Å². The summed E-state index contributed by atoms with van der Waals surface area (Å²) in [4.78, 5) is 18.9. The zero-order chi connectivity index (χ0) is 23.9. The van der Waals surface area contributed by atoms with Gasteiger partial charge >= 0.3 is 0 Å². The molecule has 0 aromatic heterocycles. The largest absolute Gasteiger partial charge is 0.491 e. The monoisotopic (exact) mass is 461 g/mol. The molecule has 2 aromatic carbocycles. The average Bonchev–Trinajstić information content (AvgIpc) is 2.87. The van der Waals surface area contributed by atoms with Gasteiger partial charge in [-0.3, -0.25) is 9.79 Å². The van der Waals surface area contributed by atoms with Gasteiger partial charge in [-0.05, 0) is 73.3 Å². The second-order valence-corrected chi connectivity index (χ2v) is 9.23. The Morgan fingerprint density at radius 1 is 1.26 bits per heavy atom. The standard InChI is InChI=1S/C28H35N3O3/c1-3-26(32)24-13-11-23(24)18-31-17-22-10-5-4-8-20(22)9-6-7-15-34-27-14-12-21(16-25(27)31)28(33)30-19-29-2/h3-5,8,10,12,14,16,19,23-24,26,32H,1,6-7,9,11,13,15,17-18H2,2H3,(H,29,30,33)/t23-,24+,26-/m0/s1. The first-order chi connectivity index (χ1) is 16.6. The van der Waals surface area contributed by atoms with E-state index in [1.165, 1.54) is 17.5 Å². The molecule has 3 atom stereocenters. The van der Waals surface area contributed by atoms with Crippen molar-refractivity contribution in [2.75, 3.05) is 25.1 Å². The van der Waals surface area contributed by atoms with Gasteiger partial charge in [0.25, 0.3) is 5.91 Å². The van der Waals surface area contributed by atoms with Crippen LogP contribution in [0.3, 0.4) is 0 Å². The van der Waals surface area contributed by atoms with Gasteiger partial charge in [0.1, 0.15) is 5.75 Å². The van der Waals surface area contributed by atoms with Gasteiger partial charge in [-0.15, -0.1) is 6.58 Å². The Morgan fingerprint density at radius 3 is 2.82 bits per heavy atom. The third kappa shape index (κ3) is 5.50. The van der Waals surface area contributed by atoms with Gasteiger partial charge < -0.3 is 20.1 Å². The Bertz CT molecular complexity index is 1040. The predicted molar refractivity (Wildman–Crippen MR) is 137 cm³/mol. The molecule has 1 amide bonds. The van der Waals surface area contributed by atoms with Crippen LogP contribution < -0.4 is 15.0 Å². The number of amides is 1. The van der Waals surface area contributed by atoms with E-state index in [1.807, 2.05) is 12.1 Å². The lowest BCUT2D eigenvalue weighted by atomic mass is 9.70. The van der Waals surface area contributed by atoms with Gasteiger partial charge in [-0.25, -0.2) is 0 Å². The van der Waals surface area contributed by atoms with E-state index in [4.69, 9.17) is 4.74 Å². The summed E-state index contributed by atoms with van der Waals surface area (Å²) in [5.41, 5.74) is 4.13. The second-order valence-electron chi connectivity index (χ2n) is 9.23. The molecule has 1 saturated carbocycles. The van der Waals surface area contributed by atoms with Crippen LogP contribution in [0.4, 0.5) is 5.69 Å². The Kier molecular flexibility index (Phi) is 8.01. The summed E-state index contributed by atoms with van der Waals surface area (Å²) < 4.78 is 6.23. The number of fused-ring (bicyclic) bond motifs is 2. The molecule has 0 spiro atoms. The molecule has 6 nitrogen and oxygen atoms in total. The number of anilines is 1. The molecule has 34 heavy (non-hydrogen) atoms. The minimum Gasteiger partial charge on any atom is -0.491 e. The smallest absolute Gasteiger partial charge is 0.256 e. The fraction of sp³-hybridized carbons (Fsp3) is 0.429. The lowest BCUT2D eigenvalue weighted by molar-refractivity contribution is 0.0464.